The molecule has 0 amide bonds. The first-order valence-electron chi connectivity index (χ1n) is 12.2. The Bertz CT molecular complexity index is 1260. The predicted octanol–water partition coefficient (Wildman–Crippen LogP) is 4.94. The smallest absolute Gasteiger partial charge is 0.341 e. The fraction of sp³-hybridized carbons (Fsp3) is 0.464. The van der Waals surface area contributed by atoms with Crippen LogP contribution in [0.25, 0.3) is 16.8 Å². The monoisotopic (exact) mass is 477 g/mol. The zero-order valence-corrected chi connectivity index (χ0v) is 21.4. The Morgan fingerprint density at radius 2 is 1.97 bits per heavy atom. The number of hydrogen-bond acceptors (Lipinski definition) is 5. The van der Waals surface area contributed by atoms with Crippen LogP contribution in [0, 0.1) is 5.41 Å². The van der Waals surface area contributed by atoms with Crippen molar-refractivity contribution >= 4 is 17.8 Å². The van der Waals surface area contributed by atoms with Crippen molar-refractivity contribution < 1.29 is 14.6 Å². The van der Waals surface area contributed by atoms with Crippen molar-refractivity contribution in [1.82, 2.24) is 9.88 Å². The SMILES string of the molecule is C/C=C(\C=NC(C)NC1CC1)c1cc2c(cc1OC)-c1cc(=O)c(C(=O)O)cn1C(C(C)(C)C)C2. The lowest BCUT2D eigenvalue weighted by molar-refractivity contribution is 0.0693. The Balaban J connectivity index is 1.83. The Morgan fingerprint density at radius 1 is 1.26 bits per heavy atom. The molecule has 1 saturated carbocycles. The summed E-state index contributed by atoms with van der Waals surface area (Å²) in [6.07, 6.45) is 8.58. The first-order chi connectivity index (χ1) is 16.5. The summed E-state index contributed by atoms with van der Waals surface area (Å²) in [4.78, 5) is 29.0. The van der Waals surface area contributed by atoms with Crippen LogP contribution in [-0.4, -0.2) is 41.2 Å². The number of nitrogens with zero attached hydrogens (tertiary/aromatic N) is 2. The minimum atomic E-state index is -1.21. The Kier molecular flexibility index (Phi) is 6.73. The molecule has 1 aliphatic heterocycles. The number of rotatable bonds is 7. The van der Waals surface area contributed by atoms with Gasteiger partial charge in [0.05, 0.1) is 19.0 Å². The molecule has 2 heterocycles. The summed E-state index contributed by atoms with van der Waals surface area (Å²) in [6, 6.07) is 6.09. The van der Waals surface area contributed by atoms with Gasteiger partial charge in [-0.25, -0.2) is 4.79 Å². The molecule has 2 N–H and O–H groups in total. The van der Waals surface area contributed by atoms with Gasteiger partial charge in [-0.2, -0.15) is 0 Å². The van der Waals surface area contributed by atoms with Crippen LogP contribution in [-0.2, 0) is 6.42 Å². The van der Waals surface area contributed by atoms with E-state index in [1.807, 2.05) is 29.8 Å². The molecule has 0 radical (unpaired) electrons. The highest BCUT2D eigenvalue weighted by Crippen LogP contribution is 2.45. The average molecular weight is 478 g/mol. The van der Waals surface area contributed by atoms with E-state index in [0.29, 0.717) is 23.9 Å². The number of aliphatic imine (C=N–C) groups is 1. The molecular weight excluding hydrogens is 442 g/mol. The summed E-state index contributed by atoms with van der Waals surface area (Å²) in [5, 5.41) is 13.0. The van der Waals surface area contributed by atoms with E-state index in [4.69, 9.17) is 9.73 Å². The van der Waals surface area contributed by atoms with E-state index >= 15 is 0 Å². The van der Waals surface area contributed by atoms with E-state index in [2.05, 4.69) is 39.1 Å². The number of aromatic nitrogens is 1. The van der Waals surface area contributed by atoms with Crippen LogP contribution < -0.4 is 15.5 Å². The lowest BCUT2D eigenvalue weighted by Crippen LogP contribution is -2.32. The highest BCUT2D eigenvalue weighted by atomic mass is 16.5. The third-order valence-electron chi connectivity index (χ3n) is 6.87. The zero-order valence-electron chi connectivity index (χ0n) is 21.4. The van der Waals surface area contributed by atoms with Crippen LogP contribution in [0.2, 0.25) is 0 Å². The van der Waals surface area contributed by atoms with E-state index in [1.54, 1.807) is 7.11 Å². The molecular formula is C28H35N3O4. The van der Waals surface area contributed by atoms with Crippen LogP contribution in [0.4, 0.5) is 0 Å². The van der Waals surface area contributed by atoms with Crippen molar-refractivity contribution in [3.05, 3.63) is 57.4 Å². The maximum atomic E-state index is 12.6. The molecule has 1 aromatic heterocycles. The molecule has 1 aliphatic carbocycles. The summed E-state index contributed by atoms with van der Waals surface area (Å²) in [6.45, 7) is 10.4. The lowest BCUT2D eigenvalue weighted by Gasteiger charge is -2.39. The van der Waals surface area contributed by atoms with E-state index in [1.165, 1.54) is 25.1 Å². The van der Waals surface area contributed by atoms with E-state index in [0.717, 1.165) is 22.3 Å². The second-order valence-electron chi connectivity index (χ2n) is 10.6. The standard InChI is InChI=1S/C28H35N3O4/c1-7-17(14-29-16(2)30-19-8-9-19)21-10-18-11-26(28(3,4)5)31-15-22(27(33)34)24(32)13-23(31)20(18)12-25(21)35-6/h7,10,12-16,19,26,30H,8-9,11H2,1-6H3,(H,33,34)/b17-7+,29-14?. The summed E-state index contributed by atoms with van der Waals surface area (Å²) in [7, 11) is 1.63. The number of benzene rings is 1. The van der Waals surface area contributed by atoms with Crippen LogP contribution in [0.3, 0.4) is 0 Å². The number of pyridine rings is 1. The number of ether oxygens (including phenoxy) is 1. The third kappa shape index (κ3) is 5.10. The van der Waals surface area contributed by atoms with Crippen molar-refractivity contribution in [2.75, 3.05) is 7.11 Å². The number of fused-ring (bicyclic) bond motifs is 3. The van der Waals surface area contributed by atoms with Gasteiger partial charge in [-0.1, -0.05) is 26.8 Å². The molecule has 1 fully saturated rings. The highest BCUT2D eigenvalue weighted by molar-refractivity contribution is 6.11. The van der Waals surface area contributed by atoms with Crippen LogP contribution in [0.1, 0.15) is 75.0 Å². The van der Waals surface area contributed by atoms with Gasteiger partial charge < -0.3 is 14.4 Å². The van der Waals surface area contributed by atoms with Gasteiger partial charge >= 0.3 is 5.97 Å². The van der Waals surface area contributed by atoms with E-state index in [-0.39, 0.29) is 23.2 Å². The predicted molar refractivity (Wildman–Crippen MR) is 140 cm³/mol. The quantitative estimate of drug-likeness (QED) is 0.551. The van der Waals surface area contributed by atoms with E-state index in [9.17, 15) is 14.7 Å². The number of carboxylic acids is 1. The zero-order chi connectivity index (χ0) is 25.5. The molecule has 4 rings (SSSR count). The second-order valence-corrected chi connectivity index (χ2v) is 10.6. The Morgan fingerprint density at radius 3 is 2.54 bits per heavy atom. The average Bonchev–Trinajstić information content (AvgIpc) is 3.61. The summed E-state index contributed by atoms with van der Waals surface area (Å²) in [5.41, 5.74) is 3.74. The summed E-state index contributed by atoms with van der Waals surface area (Å²) in [5.74, 6) is -0.527. The number of carboxylic acid groups (broad SMARTS) is 1. The normalized spacial score (nSPS) is 18.8. The van der Waals surface area contributed by atoms with Gasteiger partial charge in [-0.3, -0.25) is 15.1 Å². The fourth-order valence-electron chi connectivity index (χ4n) is 4.77. The van der Waals surface area contributed by atoms with E-state index < -0.39 is 11.4 Å². The number of nitrogens with one attached hydrogen (secondary N) is 1. The van der Waals surface area contributed by atoms with Gasteiger partial charge in [0, 0.05) is 41.7 Å². The van der Waals surface area contributed by atoms with Gasteiger partial charge in [-0.05, 0) is 61.8 Å². The Hall–Kier alpha value is -3.19. The summed E-state index contributed by atoms with van der Waals surface area (Å²) >= 11 is 0. The minimum absolute atomic E-state index is 0.0181. The molecule has 2 aliphatic rings. The highest BCUT2D eigenvalue weighted by Gasteiger charge is 2.34. The maximum absolute atomic E-state index is 12.6. The van der Waals surface area contributed by atoms with Crippen molar-refractivity contribution in [3.8, 4) is 17.0 Å². The molecule has 35 heavy (non-hydrogen) atoms. The fourth-order valence-corrected chi connectivity index (χ4v) is 4.77. The molecule has 2 unspecified atom stereocenters. The third-order valence-corrected chi connectivity index (χ3v) is 6.87. The number of hydrogen-bond donors (Lipinski definition) is 2. The molecule has 186 valence electrons. The van der Waals surface area contributed by atoms with Crippen molar-refractivity contribution in [2.24, 2.45) is 10.4 Å². The maximum Gasteiger partial charge on any atom is 0.341 e. The molecule has 0 saturated heterocycles. The number of methoxy groups -OCH3 is 1. The first kappa shape index (κ1) is 24.9. The Labute approximate surface area is 206 Å². The number of aromatic carboxylic acids is 1. The number of carbonyl (C=O) groups is 1. The van der Waals surface area contributed by atoms with Crippen LogP contribution in [0.5, 0.6) is 5.75 Å². The second kappa shape index (κ2) is 9.46. The molecule has 0 spiro atoms. The first-order valence-corrected chi connectivity index (χ1v) is 12.2. The topological polar surface area (TPSA) is 92.9 Å². The van der Waals surface area contributed by atoms with Gasteiger partial charge in [0.2, 0.25) is 0 Å². The minimum Gasteiger partial charge on any atom is -0.496 e. The molecule has 7 nitrogen and oxygen atoms in total. The van der Waals surface area contributed by atoms with Gasteiger partial charge in [0.15, 0.2) is 5.43 Å². The molecule has 2 aromatic rings. The molecule has 1 aromatic carbocycles. The van der Waals surface area contributed by atoms with Crippen LogP contribution in [0.15, 0.2) is 40.3 Å². The van der Waals surface area contributed by atoms with Crippen molar-refractivity contribution in [1.29, 1.82) is 0 Å². The molecule has 7 heteroatoms. The molecule has 0 bridgehead atoms. The van der Waals surface area contributed by atoms with Gasteiger partial charge in [0.1, 0.15) is 11.3 Å². The van der Waals surface area contributed by atoms with Gasteiger partial charge in [-0.15, -0.1) is 0 Å². The van der Waals surface area contributed by atoms with Gasteiger partial charge in [0.25, 0.3) is 0 Å². The largest absolute Gasteiger partial charge is 0.496 e. The molecule has 2 atom stereocenters. The van der Waals surface area contributed by atoms with Crippen molar-refractivity contribution in [2.45, 2.75) is 72.1 Å². The lowest BCUT2D eigenvalue weighted by atomic mass is 9.78. The van der Waals surface area contributed by atoms with Crippen LogP contribution >= 0.6 is 0 Å². The van der Waals surface area contributed by atoms with Crippen molar-refractivity contribution in [3.63, 3.8) is 0 Å². The number of allylic oxidation sites excluding steroid dienone is 2. The summed E-state index contributed by atoms with van der Waals surface area (Å²) < 4.78 is 7.73.